The summed E-state index contributed by atoms with van der Waals surface area (Å²) in [5.74, 6) is 0.214. The lowest BCUT2D eigenvalue weighted by molar-refractivity contribution is 0.480. The number of phenolic OH excluding ortho intramolecular Hbond substituents is 1. The van der Waals surface area contributed by atoms with Gasteiger partial charge in [0.15, 0.2) is 0 Å². The Kier molecular flexibility index (Phi) is 2.22. The van der Waals surface area contributed by atoms with Crippen molar-refractivity contribution in [2.24, 2.45) is 0 Å². The molecular weight excluding hydrogens is 266 g/mol. The molecule has 104 valence electrons. The van der Waals surface area contributed by atoms with Crippen molar-refractivity contribution in [3.05, 3.63) is 51.9 Å². The molecule has 2 aromatic heterocycles. The second-order valence-electron chi connectivity index (χ2n) is 5.39. The zero-order valence-corrected chi connectivity index (χ0v) is 11.7. The molecule has 21 heavy (non-hydrogen) atoms. The van der Waals surface area contributed by atoms with Gasteiger partial charge in [0.2, 0.25) is 0 Å². The highest BCUT2D eigenvalue weighted by atomic mass is 16.4. The summed E-state index contributed by atoms with van der Waals surface area (Å²) in [6.45, 7) is 3.85. The number of H-pyrrole nitrogens is 1. The van der Waals surface area contributed by atoms with Crippen molar-refractivity contribution < 1.29 is 9.52 Å². The van der Waals surface area contributed by atoms with Crippen LogP contribution in [0.4, 0.5) is 0 Å². The number of benzene rings is 2. The average Bonchev–Trinajstić information content (AvgIpc) is 2.80. The fourth-order valence-corrected chi connectivity index (χ4v) is 3.08. The maximum Gasteiger partial charge on any atom is 0.336 e. The molecule has 0 atom stereocenters. The second kappa shape index (κ2) is 3.88. The molecule has 0 aliphatic carbocycles. The molecule has 0 saturated carbocycles. The summed E-state index contributed by atoms with van der Waals surface area (Å²) in [5, 5.41) is 12.9. The average molecular weight is 279 g/mol. The Labute approximate surface area is 119 Å². The summed E-state index contributed by atoms with van der Waals surface area (Å²) in [4.78, 5) is 14.9. The van der Waals surface area contributed by atoms with Gasteiger partial charge in [-0.05, 0) is 37.1 Å². The van der Waals surface area contributed by atoms with Gasteiger partial charge in [0.1, 0.15) is 11.3 Å². The number of nitrogens with one attached hydrogen (secondary N) is 1. The van der Waals surface area contributed by atoms with E-state index in [-0.39, 0.29) is 11.4 Å². The minimum atomic E-state index is -0.346. The maximum absolute atomic E-state index is 11.6. The van der Waals surface area contributed by atoms with Crippen LogP contribution >= 0.6 is 0 Å². The lowest BCUT2D eigenvalue weighted by Gasteiger charge is -2.05. The van der Waals surface area contributed by atoms with Gasteiger partial charge in [-0.15, -0.1) is 0 Å². The van der Waals surface area contributed by atoms with Crippen molar-refractivity contribution in [2.75, 3.05) is 0 Å². The Hall–Kier alpha value is -2.75. The standard InChI is InChI=1S/C17H13NO3/c1-8-7-13(20)21-12-6-9(2)16-15(14(8)12)10-4-3-5-11(19)17(10)18-16/h3-7,18-19H,1-2H3. The fourth-order valence-electron chi connectivity index (χ4n) is 3.08. The molecule has 4 aromatic rings. The number of hydrogen-bond acceptors (Lipinski definition) is 3. The summed E-state index contributed by atoms with van der Waals surface area (Å²) in [6, 6.07) is 8.78. The van der Waals surface area contributed by atoms with Crippen molar-refractivity contribution in [1.82, 2.24) is 4.98 Å². The van der Waals surface area contributed by atoms with Crippen molar-refractivity contribution in [3.8, 4) is 5.75 Å². The molecule has 0 aliphatic rings. The highest BCUT2D eigenvalue weighted by molar-refractivity contribution is 6.21. The van der Waals surface area contributed by atoms with Gasteiger partial charge in [-0.2, -0.15) is 0 Å². The highest BCUT2D eigenvalue weighted by Gasteiger charge is 2.15. The molecule has 0 amide bonds. The fraction of sp³-hybridized carbons (Fsp3) is 0.118. The first kappa shape index (κ1) is 12.0. The van der Waals surface area contributed by atoms with E-state index in [0.717, 1.165) is 32.8 Å². The van der Waals surface area contributed by atoms with Gasteiger partial charge in [-0.3, -0.25) is 0 Å². The highest BCUT2D eigenvalue weighted by Crippen LogP contribution is 2.37. The van der Waals surface area contributed by atoms with Crippen LogP contribution in [0.3, 0.4) is 0 Å². The molecule has 0 saturated heterocycles. The number of para-hydroxylation sites is 1. The Morgan fingerprint density at radius 1 is 1.05 bits per heavy atom. The van der Waals surface area contributed by atoms with E-state index in [1.165, 1.54) is 6.07 Å². The lowest BCUT2D eigenvalue weighted by atomic mass is 10.0. The SMILES string of the molecule is Cc1cc2oc(=O)cc(C)c2c2c1[nH]c1c(O)cccc12. The van der Waals surface area contributed by atoms with Crippen LogP contribution in [0.2, 0.25) is 0 Å². The van der Waals surface area contributed by atoms with Crippen LogP contribution in [0.1, 0.15) is 11.1 Å². The van der Waals surface area contributed by atoms with Crippen LogP contribution in [0, 0.1) is 13.8 Å². The molecule has 0 spiro atoms. The van der Waals surface area contributed by atoms with E-state index in [4.69, 9.17) is 4.42 Å². The first-order valence-electron chi connectivity index (χ1n) is 6.73. The molecular formula is C17H13NO3. The van der Waals surface area contributed by atoms with Crippen molar-refractivity contribution >= 4 is 32.8 Å². The van der Waals surface area contributed by atoms with E-state index >= 15 is 0 Å². The van der Waals surface area contributed by atoms with Crippen LogP contribution in [0.5, 0.6) is 5.75 Å². The van der Waals surface area contributed by atoms with Crippen molar-refractivity contribution in [2.45, 2.75) is 13.8 Å². The molecule has 2 N–H and O–H groups in total. The van der Waals surface area contributed by atoms with Gasteiger partial charge < -0.3 is 14.5 Å². The molecule has 0 fully saturated rings. The Bertz CT molecular complexity index is 1090. The molecule has 0 unspecified atom stereocenters. The maximum atomic E-state index is 11.6. The van der Waals surface area contributed by atoms with Crippen LogP contribution < -0.4 is 5.63 Å². The van der Waals surface area contributed by atoms with E-state index in [1.54, 1.807) is 6.07 Å². The number of fused-ring (bicyclic) bond motifs is 5. The quantitative estimate of drug-likeness (QED) is 0.482. The molecule has 2 aromatic carbocycles. The van der Waals surface area contributed by atoms with Gasteiger partial charge in [0.05, 0.1) is 11.0 Å². The minimum absolute atomic E-state index is 0.214. The predicted octanol–water partition coefficient (Wildman–Crippen LogP) is 3.75. The van der Waals surface area contributed by atoms with E-state index in [9.17, 15) is 9.90 Å². The van der Waals surface area contributed by atoms with Crippen LogP contribution in [-0.4, -0.2) is 10.1 Å². The van der Waals surface area contributed by atoms with E-state index in [2.05, 4.69) is 4.98 Å². The summed E-state index contributed by atoms with van der Waals surface area (Å²) in [5.41, 5.74) is 3.73. The van der Waals surface area contributed by atoms with Crippen molar-refractivity contribution in [1.29, 1.82) is 0 Å². The van der Waals surface area contributed by atoms with Gasteiger partial charge in [0.25, 0.3) is 0 Å². The zero-order chi connectivity index (χ0) is 14.7. The Balaban J connectivity index is 2.42. The number of aromatic amines is 1. The summed E-state index contributed by atoms with van der Waals surface area (Å²) < 4.78 is 5.35. The number of aromatic nitrogens is 1. The third-order valence-corrected chi connectivity index (χ3v) is 3.99. The number of hydrogen-bond donors (Lipinski definition) is 2. The summed E-state index contributed by atoms with van der Waals surface area (Å²) in [7, 11) is 0. The summed E-state index contributed by atoms with van der Waals surface area (Å²) in [6.07, 6.45) is 0. The van der Waals surface area contributed by atoms with Gasteiger partial charge in [0, 0.05) is 22.2 Å². The Morgan fingerprint density at radius 3 is 2.67 bits per heavy atom. The normalized spacial score (nSPS) is 11.7. The largest absolute Gasteiger partial charge is 0.506 e. The minimum Gasteiger partial charge on any atom is -0.506 e. The monoisotopic (exact) mass is 279 g/mol. The third kappa shape index (κ3) is 1.53. The van der Waals surface area contributed by atoms with Gasteiger partial charge >= 0.3 is 5.63 Å². The third-order valence-electron chi connectivity index (χ3n) is 3.99. The Morgan fingerprint density at radius 2 is 1.86 bits per heavy atom. The predicted molar refractivity (Wildman–Crippen MR) is 83.0 cm³/mol. The van der Waals surface area contributed by atoms with Crippen LogP contribution in [0.25, 0.3) is 32.8 Å². The van der Waals surface area contributed by atoms with E-state index in [0.29, 0.717) is 11.1 Å². The van der Waals surface area contributed by atoms with Crippen molar-refractivity contribution in [3.63, 3.8) is 0 Å². The van der Waals surface area contributed by atoms with Crippen LogP contribution in [0.15, 0.2) is 39.5 Å². The van der Waals surface area contributed by atoms with Gasteiger partial charge in [-0.25, -0.2) is 4.79 Å². The molecule has 0 bridgehead atoms. The number of aryl methyl sites for hydroxylation is 2. The molecule has 4 nitrogen and oxygen atoms in total. The smallest absolute Gasteiger partial charge is 0.336 e. The summed E-state index contributed by atoms with van der Waals surface area (Å²) >= 11 is 0. The molecule has 0 aliphatic heterocycles. The van der Waals surface area contributed by atoms with Gasteiger partial charge in [-0.1, -0.05) is 12.1 Å². The number of rotatable bonds is 0. The first-order valence-corrected chi connectivity index (χ1v) is 6.73. The topological polar surface area (TPSA) is 66.2 Å². The number of aromatic hydroxyl groups is 1. The second-order valence-corrected chi connectivity index (χ2v) is 5.39. The first-order chi connectivity index (χ1) is 10.1. The molecule has 4 rings (SSSR count). The molecule has 0 radical (unpaired) electrons. The van der Waals surface area contributed by atoms with E-state index in [1.807, 2.05) is 32.0 Å². The molecule has 4 heteroatoms. The molecule has 2 heterocycles. The lowest BCUT2D eigenvalue weighted by Crippen LogP contribution is -1.98. The number of phenols is 1. The van der Waals surface area contributed by atoms with Crippen LogP contribution in [-0.2, 0) is 0 Å². The van der Waals surface area contributed by atoms with E-state index < -0.39 is 0 Å². The zero-order valence-electron chi connectivity index (χ0n) is 11.7.